The maximum Gasteiger partial charge on any atom is 0.242 e. The number of aryl methyl sites for hydroxylation is 2. The molecular formula is C24H30N2O4. The predicted octanol–water partition coefficient (Wildman–Crippen LogP) is 3.60. The summed E-state index contributed by atoms with van der Waals surface area (Å²) in [6, 6.07) is 13.1. The van der Waals surface area contributed by atoms with Crippen LogP contribution in [0, 0.1) is 6.92 Å². The van der Waals surface area contributed by atoms with Crippen molar-refractivity contribution in [3.8, 4) is 11.5 Å². The van der Waals surface area contributed by atoms with E-state index in [9.17, 15) is 9.59 Å². The predicted molar refractivity (Wildman–Crippen MR) is 115 cm³/mol. The van der Waals surface area contributed by atoms with Crippen LogP contribution in [0.2, 0.25) is 0 Å². The lowest BCUT2D eigenvalue weighted by atomic mass is 10.1. The zero-order valence-corrected chi connectivity index (χ0v) is 17.9. The van der Waals surface area contributed by atoms with Crippen molar-refractivity contribution in [3.05, 3.63) is 59.2 Å². The first-order valence-electron chi connectivity index (χ1n) is 10.5. The van der Waals surface area contributed by atoms with Crippen LogP contribution in [0.4, 0.5) is 0 Å². The number of ether oxygens (including phenoxy) is 2. The van der Waals surface area contributed by atoms with Crippen LogP contribution in [0.25, 0.3) is 0 Å². The van der Waals surface area contributed by atoms with Crippen LogP contribution in [0.1, 0.15) is 43.4 Å². The van der Waals surface area contributed by atoms with Crippen LogP contribution in [0.5, 0.6) is 11.5 Å². The van der Waals surface area contributed by atoms with Crippen LogP contribution in [-0.2, 0) is 22.6 Å². The molecule has 3 rings (SSSR count). The Kier molecular flexibility index (Phi) is 7.33. The fourth-order valence-electron chi connectivity index (χ4n) is 3.44. The second-order valence-electron chi connectivity index (χ2n) is 7.60. The number of amides is 2. The first kappa shape index (κ1) is 21.7. The second-order valence-corrected chi connectivity index (χ2v) is 7.60. The van der Waals surface area contributed by atoms with Gasteiger partial charge in [-0.25, -0.2) is 0 Å². The molecular weight excluding hydrogens is 380 g/mol. The van der Waals surface area contributed by atoms with E-state index < -0.39 is 6.04 Å². The summed E-state index contributed by atoms with van der Waals surface area (Å²) in [6.07, 6.45) is 1.74. The zero-order chi connectivity index (χ0) is 21.5. The van der Waals surface area contributed by atoms with E-state index in [0.29, 0.717) is 31.7 Å². The van der Waals surface area contributed by atoms with E-state index in [2.05, 4.69) is 5.32 Å². The quantitative estimate of drug-likeness (QED) is 0.686. The van der Waals surface area contributed by atoms with Gasteiger partial charge < -0.3 is 19.7 Å². The zero-order valence-electron chi connectivity index (χ0n) is 17.9. The third-order valence-corrected chi connectivity index (χ3v) is 5.38. The van der Waals surface area contributed by atoms with Gasteiger partial charge in [-0.15, -0.1) is 0 Å². The van der Waals surface area contributed by atoms with Gasteiger partial charge in [-0.3, -0.25) is 9.59 Å². The fourth-order valence-corrected chi connectivity index (χ4v) is 3.44. The molecule has 1 N–H and O–H groups in total. The monoisotopic (exact) mass is 410 g/mol. The molecule has 6 nitrogen and oxygen atoms in total. The number of nitrogens with zero attached hydrogens (tertiary/aromatic N) is 1. The molecule has 6 heteroatoms. The summed E-state index contributed by atoms with van der Waals surface area (Å²) in [5, 5.41) is 2.91. The van der Waals surface area contributed by atoms with Gasteiger partial charge in [0.25, 0.3) is 0 Å². The van der Waals surface area contributed by atoms with E-state index in [0.717, 1.165) is 28.9 Å². The van der Waals surface area contributed by atoms with Crippen molar-refractivity contribution in [1.82, 2.24) is 10.2 Å². The van der Waals surface area contributed by atoms with Crippen molar-refractivity contribution < 1.29 is 19.1 Å². The summed E-state index contributed by atoms with van der Waals surface area (Å²) in [5.41, 5.74) is 3.16. The number of hydrogen-bond donors (Lipinski definition) is 1. The van der Waals surface area contributed by atoms with Crippen molar-refractivity contribution in [3.63, 3.8) is 0 Å². The van der Waals surface area contributed by atoms with Crippen LogP contribution in [-0.4, -0.2) is 36.1 Å². The molecule has 0 fully saturated rings. The van der Waals surface area contributed by atoms with Gasteiger partial charge in [-0.05, 0) is 55.5 Å². The molecule has 1 heterocycles. The summed E-state index contributed by atoms with van der Waals surface area (Å²) in [6.45, 7) is 7.06. The Labute approximate surface area is 178 Å². The van der Waals surface area contributed by atoms with E-state index in [1.807, 2.05) is 56.3 Å². The molecule has 2 aromatic carbocycles. The van der Waals surface area contributed by atoms with E-state index in [4.69, 9.17) is 9.47 Å². The third kappa shape index (κ3) is 5.32. The molecule has 0 radical (unpaired) electrons. The third-order valence-electron chi connectivity index (χ3n) is 5.38. The van der Waals surface area contributed by atoms with Crippen molar-refractivity contribution >= 4 is 11.8 Å². The maximum absolute atomic E-state index is 13.2. The van der Waals surface area contributed by atoms with Gasteiger partial charge in [0.15, 0.2) is 11.5 Å². The van der Waals surface area contributed by atoms with Crippen LogP contribution in [0.3, 0.4) is 0 Å². The molecule has 30 heavy (non-hydrogen) atoms. The SMILES string of the molecule is CCCNC(=O)[C@H](C)N(Cc1ccccc1C)C(=O)CCc1ccc2c(c1)OCO2. The van der Waals surface area contributed by atoms with E-state index in [1.165, 1.54) is 0 Å². The van der Waals surface area contributed by atoms with Crippen molar-refractivity contribution in [1.29, 1.82) is 0 Å². The van der Waals surface area contributed by atoms with Gasteiger partial charge in [0.2, 0.25) is 18.6 Å². The molecule has 0 unspecified atom stereocenters. The molecule has 2 amide bonds. The maximum atomic E-state index is 13.2. The summed E-state index contributed by atoms with van der Waals surface area (Å²) in [5.74, 6) is 1.27. The molecule has 1 aliphatic rings. The summed E-state index contributed by atoms with van der Waals surface area (Å²) >= 11 is 0. The minimum absolute atomic E-state index is 0.0462. The molecule has 0 aromatic heterocycles. The van der Waals surface area contributed by atoms with Gasteiger partial charge >= 0.3 is 0 Å². The molecule has 0 bridgehead atoms. The Bertz CT molecular complexity index is 897. The minimum Gasteiger partial charge on any atom is -0.454 e. The standard InChI is InChI=1S/C24H30N2O4/c1-4-13-25-24(28)18(3)26(15-20-8-6-5-7-17(20)2)23(27)12-10-19-9-11-21-22(14-19)30-16-29-21/h5-9,11,14,18H,4,10,12-13,15-16H2,1-3H3,(H,25,28)/t18-/m0/s1. The molecule has 160 valence electrons. The molecule has 1 aliphatic heterocycles. The summed E-state index contributed by atoms with van der Waals surface area (Å²) in [7, 11) is 0. The van der Waals surface area contributed by atoms with Crippen molar-refractivity contribution in [2.45, 2.75) is 52.6 Å². The number of benzene rings is 2. The van der Waals surface area contributed by atoms with E-state index >= 15 is 0 Å². The Hall–Kier alpha value is -3.02. The molecule has 0 aliphatic carbocycles. The first-order chi connectivity index (χ1) is 14.5. The fraction of sp³-hybridized carbons (Fsp3) is 0.417. The minimum atomic E-state index is -0.541. The number of carbonyl (C=O) groups excluding carboxylic acids is 2. The molecule has 0 saturated heterocycles. The molecule has 0 saturated carbocycles. The van der Waals surface area contributed by atoms with Crippen LogP contribution in [0.15, 0.2) is 42.5 Å². The summed E-state index contributed by atoms with van der Waals surface area (Å²) in [4.78, 5) is 27.4. The van der Waals surface area contributed by atoms with Gasteiger partial charge in [0.05, 0.1) is 0 Å². The van der Waals surface area contributed by atoms with Crippen molar-refractivity contribution in [2.24, 2.45) is 0 Å². The smallest absolute Gasteiger partial charge is 0.242 e. The number of rotatable bonds is 9. The average molecular weight is 411 g/mol. The highest BCUT2D eigenvalue weighted by atomic mass is 16.7. The molecule has 0 spiro atoms. The number of carbonyl (C=O) groups is 2. The Morgan fingerprint density at radius 3 is 2.67 bits per heavy atom. The van der Waals surface area contributed by atoms with Gasteiger partial charge in [-0.2, -0.15) is 0 Å². The normalized spacial score (nSPS) is 13.0. The van der Waals surface area contributed by atoms with Crippen LogP contribution < -0.4 is 14.8 Å². The lowest BCUT2D eigenvalue weighted by Gasteiger charge is -2.29. The largest absolute Gasteiger partial charge is 0.454 e. The second kappa shape index (κ2) is 10.1. The van der Waals surface area contributed by atoms with Gasteiger partial charge in [0.1, 0.15) is 6.04 Å². The highest BCUT2D eigenvalue weighted by Crippen LogP contribution is 2.32. The first-order valence-corrected chi connectivity index (χ1v) is 10.5. The molecule has 1 atom stereocenters. The van der Waals surface area contributed by atoms with Crippen molar-refractivity contribution in [2.75, 3.05) is 13.3 Å². The van der Waals surface area contributed by atoms with E-state index in [-0.39, 0.29) is 18.6 Å². The average Bonchev–Trinajstić information content (AvgIpc) is 3.22. The van der Waals surface area contributed by atoms with Gasteiger partial charge in [-0.1, -0.05) is 37.3 Å². The Morgan fingerprint density at radius 2 is 1.90 bits per heavy atom. The molecule has 2 aromatic rings. The highest BCUT2D eigenvalue weighted by Gasteiger charge is 2.26. The topological polar surface area (TPSA) is 67.9 Å². The summed E-state index contributed by atoms with van der Waals surface area (Å²) < 4.78 is 10.8. The van der Waals surface area contributed by atoms with E-state index in [1.54, 1.807) is 11.8 Å². The highest BCUT2D eigenvalue weighted by molar-refractivity contribution is 5.87. The van der Waals surface area contributed by atoms with Crippen LogP contribution >= 0.6 is 0 Å². The Morgan fingerprint density at radius 1 is 1.13 bits per heavy atom. The Balaban J connectivity index is 1.71. The number of nitrogens with one attached hydrogen (secondary N) is 1. The lowest BCUT2D eigenvalue weighted by molar-refractivity contribution is -0.140. The number of fused-ring (bicyclic) bond motifs is 1. The lowest BCUT2D eigenvalue weighted by Crippen LogP contribution is -2.47. The number of hydrogen-bond acceptors (Lipinski definition) is 4. The van der Waals surface area contributed by atoms with Gasteiger partial charge in [0, 0.05) is 19.5 Å².